The predicted molar refractivity (Wildman–Crippen MR) is 80.2 cm³/mol. The fourth-order valence-electron chi connectivity index (χ4n) is 3.61. The van der Waals surface area contributed by atoms with Crippen LogP contribution in [0.5, 0.6) is 0 Å². The number of anilines is 1. The highest BCUT2D eigenvalue weighted by molar-refractivity contribution is 5.94. The first-order valence-electron chi connectivity index (χ1n) is 7.65. The Labute approximate surface area is 130 Å². The highest BCUT2D eigenvalue weighted by Crippen LogP contribution is 2.38. The molecule has 3 fully saturated rings. The van der Waals surface area contributed by atoms with E-state index < -0.39 is 11.7 Å². The number of carbonyl (C=O) groups excluding carboxylic acids is 1. The molecule has 1 amide bonds. The summed E-state index contributed by atoms with van der Waals surface area (Å²) in [5, 5.41) is 3.71. The van der Waals surface area contributed by atoms with Crippen LogP contribution in [0.4, 0.5) is 18.9 Å². The Morgan fingerprint density at radius 2 is 2.00 bits per heavy atom. The average Bonchev–Trinajstić information content (AvgIpc) is 2.79. The second-order valence-electron chi connectivity index (χ2n) is 6.32. The van der Waals surface area contributed by atoms with Gasteiger partial charge in [0.25, 0.3) is 0 Å². The van der Waals surface area contributed by atoms with Gasteiger partial charge in [-0.15, -0.1) is 0 Å². The maximum absolute atomic E-state index is 13.2. The third kappa shape index (κ3) is 2.44. The Morgan fingerprint density at radius 3 is 2.74 bits per heavy atom. The minimum absolute atomic E-state index is 0.00443. The summed E-state index contributed by atoms with van der Waals surface area (Å²) in [5.41, 5.74) is 0.341. The van der Waals surface area contributed by atoms with Crippen LogP contribution in [0, 0.1) is 5.92 Å². The minimum atomic E-state index is -4.40. The Hall–Kier alpha value is -2.18. The number of aromatic amines is 1. The number of halogens is 3. The Balaban J connectivity index is 1.81. The summed E-state index contributed by atoms with van der Waals surface area (Å²) in [6.07, 6.45) is -1.08. The van der Waals surface area contributed by atoms with Gasteiger partial charge in [0.05, 0.1) is 11.5 Å². The summed E-state index contributed by atoms with van der Waals surface area (Å²) >= 11 is 0. The molecule has 2 bridgehead atoms. The van der Waals surface area contributed by atoms with E-state index in [4.69, 9.17) is 0 Å². The van der Waals surface area contributed by atoms with Crippen LogP contribution < -0.4 is 10.2 Å². The van der Waals surface area contributed by atoms with Crippen molar-refractivity contribution in [1.29, 1.82) is 0 Å². The molecule has 2 aromatic rings. The van der Waals surface area contributed by atoms with E-state index in [0.29, 0.717) is 24.3 Å². The van der Waals surface area contributed by atoms with Crippen molar-refractivity contribution in [3.05, 3.63) is 30.0 Å². The van der Waals surface area contributed by atoms with Gasteiger partial charge in [-0.05, 0) is 31.0 Å². The lowest BCUT2D eigenvalue weighted by Crippen LogP contribution is -2.43. The fourth-order valence-corrected chi connectivity index (χ4v) is 3.61. The third-order valence-electron chi connectivity index (χ3n) is 4.78. The summed E-state index contributed by atoms with van der Waals surface area (Å²) < 4.78 is 39.5. The third-order valence-corrected chi connectivity index (χ3v) is 4.78. The topological polar surface area (TPSA) is 48.1 Å². The number of H-pyrrole nitrogens is 1. The second-order valence-corrected chi connectivity index (χ2v) is 6.32. The quantitative estimate of drug-likeness (QED) is 0.848. The highest BCUT2D eigenvalue weighted by atomic mass is 19.4. The van der Waals surface area contributed by atoms with E-state index in [1.807, 2.05) is 4.90 Å². The van der Waals surface area contributed by atoms with Crippen LogP contribution >= 0.6 is 0 Å². The average molecular weight is 323 g/mol. The number of carbonyl (C=O) groups is 1. The zero-order valence-electron chi connectivity index (χ0n) is 12.3. The molecule has 23 heavy (non-hydrogen) atoms. The van der Waals surface area contributed by atoms with Gasteiger partial charge >= 0.3 is 6.18 Å². The summed E-state index contributed by atoms with van der Waals surface area (Å²) in [6, 6.07) is 4.12. The van der Waals surface area contributed by atoms with Crippen molar-refractivity contribution < 1.29 is 18.0 Å². The molecule has 1 aromatic carbocycles. The van der Waals surface area contributed by atoms with Gasteiger partial charge in [0.2, 0.25) is 5.91 Å². The molecule has 0 unspecified atom stereocenters. The molecule has 7 heteroatoms. The van der Waals surface area contributed by atoms with Crippen LogP contribution in [0.1, 0.15) is 18.4 Å². The summed E-state index contributed by atoms with van der Waals surface area (Å²) in [7, 11) is 0. The van der Waals surface area contributed by atoms with E-state index in [2.05, 4.69) is 10.3 Å². The molecule has 2 atom stereocenters. The van der Waals surface area contributed by atoms with Gasteiger partial charge in [-0.3, -0.25) is 4.79 Å². The lowest BCUT2D eigenvalue weighted by Gasteiger charge is -2.26. The molecular formula is C16H16F3N3O. The van der Waals surface area contributed by atoms with E-state index in [0.717, 1.165) is 24.3 Å². The standard InChI is InChI=1S/C16H16F3N3O/c17-16(18,19)10-5-13-12(3-4-20-13)14(6-10)22-7-9-1-2-11(8-22)21-15(9)23/h3-6,9,11,20H,1-2,7-8H2,(H,21,23)/t9-,11+/m1/s1. The van der Waals surface area contributed by atoms with Gasteiger partial charge in [-0.2, -0.15) is 13.2 Å². The number of hydrogen-bond donors (Lipinski definition) is 2. The number of nitrogens with zero attached hydrogens (tertiary/aromatic N) is 1. The summed E-state index contributed by atoms with van der Waals surface area (Å²) in [6.45, 7) is 1.01. The van der Waals surface area contributed by atoms with E-state index in [1.54, 1.807) is 12.3 Å². The van der Waals surface area contributed by atoms with Crippen LogP contribution in [0.2, 0.25) is 0 Å². The monoisotopic (exact) mass is 323 g/mol. The maximum Gasteiger partial charge on any atom is 0.416 e. The summed E-state index contributed by atoms with van der Waals surface area (Å²) in [4.78, 5) is 16.8. The van der Waals surface area contributed by atoms with E-state index in [9.17, 15) is 18.0 Å². The molecule has 122 valence electrons. The number of alkyl halides is 3. The smallest absolute Gasteiger partial charge is 0.368 e. The van der Waals surface area contributed by atoms with Crippen molar-refractivity contribution in [3.8, 4) is 0 Å². The molecule has 4 heterocycles. The molecule has 0 aliphatic carbocycles. The Kier molecular flexibility index (Phi) is 3.08. The number of amides is 1. The largest absolute Gasteiger partial charge is 0.416 e. The van der Waals surface area contributed by atoms with Crippen LogP contribution in [0.25, 0.3) is 10.9 Å². The molecular weight excluding hydrogens is 307 g/mol. The molecule has 0 radical (unpaired) electrons. The number of fused-ring (bicyclic) bond motifs is 5. The van der Waals surface area contributed by atoms with Gasteiger partial charge in [-0.1, -0.05) is 0 Å². The molecule has 5 rings (SSSR count). The number of nitrogens with one attached hydrogen (secondary N) is 2. The van der Waals surface area contributed by atoms with Crippen LogP contribution in [0.3, 0.4) is 0 Å². The van der Waals surface area contributed by atoms with Crippen molar-refractivity contribution in [3.63, 3.8) is 0 Å². The minimum Gasteiger partial charge on any atom is -0.368 e. The zero-order valence-corrected chi connectivity index (χ0v) is 12.3. The predicted octanol–water partition coefficient (Wildman–Crippen LogP) is 2.90. The second kappa shape index (κ2) is 4.91. The van der Waals surface area contributed by atoms with E-state index in [1.165, 1.54) is 6.07 Å². The number of benzene rings is 1. The molecule has 4 nitrogen and oxygen atoms in total. The number of piperidine rings is 1. The van der Waals surface area contributed by atoms with Gasteiger partial charge in [0, 0.05) is 41.9 Å². The number of hydrogen-bond acceptors (Lipinski definition) is 2. The first-order chi connectivity index (χ1) is 10.9. The van der Waals surface area contributed by atoms with Crippen molar-refractivity contribution in [2.75, 3.05) is 18.0 Å². The zero-order chi connectivity index (χ0) is 16.2. The van der Waals surface area contributed by atoms with Gasteiger partial charge in [0.15, 0.2) is 0 Å². The van der Waals surface area contributed by atoms with Crippen molar-refractivity contribution >= 4 is 22.5 Å². The Bertz CT molecular complexity index is 768. The first kappa shape index (κ1) is 14.4. The summed E-state index contributed by atoms with van der Waals surface area (Å²) in [5.74, 6) is -0.140. The normalized spacial score (nSPS) is 24.8. The van der Waals surface area contributed by atoms with Gasteiger partial charge < -0.3 is 15.2 Å². The molecule has 3 aliphatic heterocycles. The van der Waals surface area contributed by atoms with Crippen LogP contribution in [0.15, 0.2) is 24.4 Å². The molecule has 3 saturated heterocycles. The van der Waals surface area contributed by atoms with E-state index in [-0.39, 0.29) is 17.9 Å². The number of aromatic nitrogens is 1. The highest BCUT2D eigenvalue weighted by Gasteiger charge is 2.37. The number of rotatable bonds is 1. The van der Waals surface area contributed by atoms with Crippen LogP contribution in [-0.2, 0) is 11.0 Å². The lowest BCUT2D eigenvalue weighted by atomic mass is 9.96. The maximum atomic E-state index is 13.2. The first-order valence-corrected chi connectivity index (χ1v) is 7.65. The molecule has 3 aliphatic rings. The van der Waals surface area contributed by atoms with Crippen molar-refractivity contribution in [2.24, 2.45) is 5.92 Å². The lowest BCUT2D eigenvalue weighted by molar-refractivity contribution is -0.137. The molecule has 0 saturated carbocycles. The van der Waals surface area contributed by atoms with Crippen molar-refractivity contribution in [1.82, 2.24) is 10.3 Å². The van der Waals surface area contributed by atoms with Crippen molar-refractivity contribution in [2.45, 2.75) is 25.1 Å². The molecule has 2 N–H and O–H groups in total. The Morgan fingerprint density at radius 1 is 1.17 bits per heavy atom. The van der Waals surface area contributed by atoms with E-state index >= 15 is 0 Å². The van der Waals surface area contributed by atoms with Gasteiger partial charge in [0.1, 0.15) is 0 Å². The van der Waals surface area contributed by atoms with Crippen LogP contribution in [-0.4, -0.2) is 30.0 Å². The fraction of sp³-hybridized carbons (Fsp3) is 0.438. The molecule has 0 spiro atoms. The molecule has 1 aromatic heterocycles. The van der Waals surface area contributed by atoms with Gasteiger partial charge in [-0.25, -0.2) is 0 Å². The SMILES string of the molecule is O=C1N[C@H]2CC[C@@H]1CN(c1cc(C(F)(F)F)cc3[nH]ccc13)C2.